The van der Waals surface area contributed by atoms with Gasteiger partial charge in [-0.25, -0.2) is 0 Å². The van der Waals surface area contributed by atoms with Crippen LogP contribution in [-0.2, 0) is 0 Å². The maximum atomic E-state index is 11.0. The van der Waals surface area contributed by atoms with Gasteiger partial charge in [-0.3, -0.25) is 0 Å². The highest BCUT2D eigenvalue weighted by atomic mass is 16.5. The summed E-state index contributed by atoms with van der Waals surface area (Å²) < 4.78 is 0.782. The van der Waals surface area contributed by atoms with Gasteiger partial charge in [0.25, 0.3) is 0 Å². The summed E-state index contributed by atoms with van der Waals surface area (Å²) in [4.78, 5) is 0. The molecule has 1 aromatic carbocycles. The SMILES string of the molecule is Nc1cn([O-])c2ccccc12. The van der Waals surface area contributed by atoms with E-state index in [0.29, 0.717) is 11.2 Å². The molecular weight excluding hydrogens is 140 g/mol. The molecule has 11 heavy (non-hydrogen) atoms. The third-order valence-electron chi connectivity index (χ3n) is 1.71. The van der Waals surface area contributed by atoms with Crippen LogP contribution in [-0.4, -0.2) is 4.73 Å². The molecular formula is C8H7N2O-. The number of benzene rings is 1. The molecule has 0 saturated carbocycles. The summed E-state index contributed by atoms with van der Waals surface area (Å²) in [6.45, 7) is 0. The standard InChI is InChI=1S/C8H7N2O/c9-7-5-10(11)8-4-2-1-3-6(7)8/h1-5H,9H2/q-1. The van der Waals surface area contributed by atoms with E-state index >= 15 is 0 Å². The largest absolute Gasteiger partial charge is 0.805 e. The van der Waals surface area contributed by atoms with Gasteiger partial charge in [0.1, 0.15) is 0 Å². The van der Waals surface area contributed by atoms with E-state index in [0.717, 1.165) is 10.1 Å². The number of hydrogen-bond donors (Lipinski definition) is 1. The molecule has 0 aliphatic heterocycles. The number of anilines is 1. The first-order valence-electron chi connectivity index (χ1n) is 3.32. The van der Waals surface area contributed by atoms with Gasteiger partial charge in [-0.05, 0) is 6.07 Å². The second kappa shape index (κ2) is 1.92. The minimum atomic E-state index is 0.538. The highest BCUT2D eigenvalue weighted by Crippen LogP contribution is 2.21. The molecule has 1 aromatic heterocycles. The van der Waals surface area contributed by atoms with Crippen LogP contribution in [0.5, 0.6) is 0 Å². The Morgan fingerprint density at radius 1 is 1.27 bits per heavy atom. The Morgan fingerprint density at radius 2 is 2.00 bits per heavy atom. The molecule has 0 radical (unpaired) electrons. The van der Waals surface area contributed by atoms with Crippen LogP contribution >= 0.6 is 0 Å². The van der Waals surface area contributed by atoms with E-state index in [1.165, 1.54) is 6.20 Å². The molecule has 0 atom stereocenters. The maximum Gasteiger partial charge on any atom is 0.0570 e. The van der Waals surface area contributed by atoms with Crippen molar-refractivity contribution in [3.8, 4) is 0 Å². The van der Waals surface area contributed by atoms with Crippen LogP contribution < -0.4 is 5.73 Å². The van der Waals surface area contributed by atoms with Crippen molar-refractivity contribution in [3.63, 3.8) is 0 Å². The second-order valence-corrected chi connectivity index (χ2v) is 2.43. The minimum absolute atomic E-state index is 0.538. The molecule has 0 spiro atoms. The molecule has 3 heteroatoms. The lowest BCUT2D eigenvalue weighted by Crippen LogP contribution is -1.80. The van der Waals surface area contributed by atoms with Gasteiger partial charge in [0.15, 0.2) is 0 Å². The Morgan fingerprint density at radius 3 is 2.73 bits per heavy atom. The van der Waals surface area contributed by atoms with E-state index in [2.05, 4.69) is 0 Å². The zero-order valence-corrected chi connectivity index (χ0v) is 5.82. The Bertz CT molecular complexity index is 356. The topological polar surface area (TPSA) is 54.0 Å². The molecule has 0 amide bonds. The van der Waals surface area contributed by atoms with Crippen LogP contribution in [0.25, 0.3) is 10.9 Å². The summed E-state index contributed by atoms with van der Waals surface area (Å²) in [7, 11) is 0. The number of aromatic nitrogens is 1. The fraction of sp³-hybridized carbons (Fsp3) is 0. The van der Waals surface area contributed by atoms with Gasteiger partial charge in [-0.2, -0.15) is 0 Å². The van der Waals surface area contributed by atoms with Gasteiger partial charge < -0.3 is 15.7 Å². The maximum absolute atomic E-state index is 11.0. The van der Waals surface area contributed by atoms with E-state index in [4.69, 9.17) is 5.73 Å². The summed E-state index contributed by atoms with van der Waals surface area (Å²) in [6.07, 6.45) is 1.38. The molecule has 56 valence electrons. The molecule has 0 saturated heterocycles. The van der Waals surface area contributed by atoms with Gasteiger partial charge in [0.05, 0.1) is 5.69 Å². The molecule has 0 aliphatic rings. The monoisotopic (exact) mass is 147 g/mol. The van der Waals surface area contributed by atoms with Gasteiger partial charge in [-0.15, -0.1) is 0 Å². The molecule has 0 bridgehead atoms. The van der Waals surface area contributed by atoms with E-state index in [1.54, 1.807) is 6.07 Å². The van der Waals surface area contributed by atoms with Crippen molar-refractivity contribution in [1.29, 1.82) is 0 Å². The number of nitrogens with two attached hydrogens (primary N) is 1. The Labute approximate surface area is 63.6 Å². The lowest BCUT2D eigenvalue weighted by atomic mass is 10.2. The molecule has 2 rings (SSSR count). The number of fused-ring (bicyclic) bond motifs is 1. The number of hydrogen-bond acceptors (Lipinski definition) is 2. The Kier molecular flexibility index (Phi) is 1.06. The Balaban J connectivity index is 2.95. The summed E-state index contributed by atoms with van der Waals surface area (Å²) in [5, 5.41) is 11.9. The lowest BCUT2D eigenvalue weighted by molar-refractivity contribution is 1.16. The summed E-state index contributed by atoms with van der Waals surface area (Å²) in [6, 6.07) is 7.26. The van der Waals surface area contributed by atoms with Crippen molar-refractivity contribution in [3.05, 3.63) is 35.7 Å². The van der Waals surface area contributed by atoms with Gasteiger partial charge in [0.2, 0.25) is 0 Å². The number of nitrogens with zero attached hydrogens (tertiary/aromatic N) is 1. The zero-order valence-electron chi connectivity index (χ0n) is 5.82. The fourth-order valence-electron chi connectivity index (χ4n) is 1.18. The quantitative estimate of drug-likeness (QED) is 0.614. The van der Waals surface area contributed by atoms with Crippen molar-refractivity contribution < 1.29 is 0 Å². The zero-order chi connectivity index (χ0) is 7.84. The minimum Gasteiger partial charge on any atom is -0.805 e. The average molecular weight is 147 g/mol. The lowest BCUT2D eigenvalue weighted by Gasteiger charge is -2.05. The number of para-hydroxylation sites is 1. The molecule has 1 heterocycles. The fourth-order valence-corrected chi connectivity index (χ4v) is 1.18. The van der Waals surface area contributed by atoms with Crippen LogP contribution in [0.15, 0.2) is 30.5 Å². The second-order valence-electron chi connectivity index (χ2n) is 2.43. The summed E-state index contributed by atoms with van der Waals surface area (Å²) in [5.41, 5.74) is 6.72. The van der Waals surface area contributed by atoms with Crippen molar-refractivity contribution in [1.82, 2.24) is 4.73 Å². The molecule has 0 aliphatic carbocycles. The van der Waals surface area contributed by atoms with Crippen LogP contribution in [0.4, 0.5) is 5.69 Å². The molecule has 3 nitrogen and oxygen atoms in total. The third kappa shape index (κ3) is 0.741. The van der Waals surface area contributed by atoms with Crippen molar-refractivity contribution in [2.45, 2.75) is 0 Å². The Hall–Kier alpha value is -1.64. The van der Waals surface area contributed by atoms with Crippen LogP contribution in [0.1, 0.15) is 0 Å². The molecule has 2 aromatic rings. The predicted molar refractivity (Wildman–Crippen MR) is 45.1 cm³/mol. The number of rotatable bonds is 0. The van der Waals surface area contributed by atoms with E-state index in [9.17, 15) is 5.21 Å². The molecule has 2 N–H and O–H groups in total. The molecule has 0 fully saturated rings. The first-order chi connectivity index (χ1) is 5.29. The van der Waals surface area contributed by atoms with E-state index in [1.807, 2.05) is 18.2 Å². The highest BCUT2D eigenvalue weighted by Gasteiger charge is 1.97. The van der Waals surface area contributed by atoms with Gasteiger partial charge in [-0.1, -0.05) is 18.2 Å². The first kappa shape index (κ1) is 6.09. The smallest absolute Gasteiger partial charge is 0.0570 e. The van der Waals surface area contributed by atoms with Crippen LogP contribution in [0.3, 0.4) is 0 Å². The van der Waals surface area contributed by atoms with Crippen molar-refractivity contribution in [2.24, 2.45) is 0 Å². The highest BCUT2D eigenvalue weighted by molar-refractivity contribution is 5.91. The van der Waals surface area contributed by atoms with Gasteiger partial charge >= 0.3 is 0 Å². The van der Waals surface area contributed by atoms with Crippen LogP contribution in [0, 0.1) is 5.21 Å². The average Bonchev–Trinajstić information content (AvgIpc) is 2.30. The van der Waals surface area contributed by atoms with Crippen molar-refractivity contribution >= 4 is 16.6 Å². The predicted octanol–water partition coefficient (Wildman–Crippen LogP) is 1.57. The third-order valence-corrected chi connectivity index (χ3v) is 1.71. The first-order valence-corrected chi connectivity index (χ1v) is 3.32. The van der Waals surface area contributed by atoms with E-state index in [-0.39, 0.29) is 0 Å². The summed E-state index contributed by atoms with van der Waals surface area (Å²) >= 11 is 0. The van der Waals surface area contributed by atoms with Crippen LogP contribution in [0.2, 0.25) is 0 Å². The number of nitrogen functional groups attached to an aromatic ring is 1. The normalized spacial score (nSPS) is 10.5. The van der Waals surface area contributed by atoms with Crippen molar-refractivity contribution in [2.75, 3.05) is 5.73 Å². The van der Waals surface area contributed by atoms with Gasteiger partial charge in [0, 0.05) is 17.1 Å². The van der Waals surface area contributed by atoms with E-state index < -0.39 is 0 Å². The molecule has 0 unspecified atom stereocenters. The summed E-state index contributed by atoms with van der Waals surface area (Å²) in [5.74, 6) is 0.